The molecule has 132 valence electrons. The maximum Gasteiger partial charge on any atom is 0.330 e. The average molecular weight is 342 g/mol. The van der Waals surface area contributed by atoms with Gasteiger partial charge in [-0.3, -0.25) is 14.2 Å². The number of benzene rings is 1. The molecule has 0 unspecified atom stereocenters. The summed E-state index contributed by atoms with van der Waals surface area (Å²) >= 11 is 0. The van der Waals surface area contributed by atoms with Gasteiger partial charge in [-0.15, -0.1) is 0 Å². The number of hydrogen-bond donors (Lipinski definition) is 1. The molecule has 1 amide bonds. The van der Waals surface area contributed by atoms with E-state index in [1.807, 2.05) is 43.3 Å². The molecule has 1 aromatic carbocycles. The highest BCUT2D eigenvalue weighted by Crippen LogP contribution is 2.11. The van der Waals surface area contributed by atoms with Crippen molar-refractivity contribution in [2.75, 3.05) is 19.0 Å². The van der Waals surface area contributed by atoms with Gasteiger partial charge in [0.25, 0.3) is 5.56 Å². The van der Waals surface area contributed by atoms with E-state index in [2.05, 4.69) is 5.32 Å². The zero-order valence-corrected chi connectivity index (χ0v) is 14.8. The van der Waals surface area contributed by atoms with Crippen molar-refractivity contribution in [1.29, 1.82) is 0 Å². The van der Waals surface area contributed by atoms with Gasteiger partial charge in [-0.25, -0.2) is 4.79 Å². The Bertz CT molecular complexity index is 905. The van der Waals surface area contributed by atoms with Crippen molar-refractivity contribution in [1.82, 2.24) is 14.5 Å². The van der Waals surface area contributed by atoms with E-state index in [0.29, 0.717) is 6.54 Å². The second kappa shape index (κ2) is 7.65. The number of amides is 1. The molecule has 1 N–H and O–H groups in total. The Labute approximate surface area is 145 Å². The third kappa shape index (κ3) is 4.47. The van der Waals surface area contributed by atoms with Crippen molar-refractivity contribution in [3.63, 3.8) is 0 Å². The van der Waals surface area contributed by atoms with Crippen molar-refractivity contribution < 1.29 is 4.79 Å². The molecule has 0 fully saturated rings. The molecule has 1 aromatic heterocycles. The summed E-state index contributed by atoms with van der Waals surface area (Å²) in [5.41, 5.74) is 1.49. The third-order valence-corrected chi connectivity index (χ3v) is 3.81. The van der Waals surface area contributed by atoms with Crippen molar-refractivity contribution in [3.05, 3.63) is 68.5 Å². The number of carbonyl (C=O) groups is 1. The molecule has 1 heterocycles. The first-order chi connectivity index (χ1) is 11.8. The number of rotatable bonds is 5. The minimum Gasteiger partial charge on any atom is -0.378 e. The predicted octanol–water partition coefficient (Wildman–Crippen LogP) is 0.480. The van der Waals surface area contributed by atoms with Gasteiger partial charge in [0, 0.05) is 52.7 Å². The first-order valence-electron chi connectivity index (χ1n) is 7.78. The summed E-state index contributed by atoms with van der Waals surface area (Å²) in [6.45, 7) is 0.391. The molecule has 2 aromatic rings. The average Bonchev–Trinajstić information content (AvgIpc) is 2.60. The molecule has 0 atom stereocenters. The Morgan fingerprint density at radius 3 is 2.40 bits per heavy atom. The molecule has 25 heavy (non-hydrogen) atoms. The molecule has 0 aliphatic carbocycles. The maximum absolute atomic E-state index is 12.0. The van der Waals surface area contributed by atoms with Gasteiger partial charge in [0.15, 0.2) is 0 Å². The van der Waals surface area contributed by atoms with Crippen molar-refractivity contribution in [2.24, 2.45) is 14.1 Å². The van der Waals surface area contributed by atoms with E-state index in [-0.39, 0.29) is 11.5 Å². The smallest absolute Gasteiger partial charge is 0.330 e. The highest BCUT2D eigenvalue weighted by molar-refractivity contribution is 5.91. The van der Waals surface area contributed by atoms with Crippen LogP contribution in [0.1, 0.15) is 11.1 Å². The van der Waals surface area contributed by atoms with E-state index < -0.39 is 11.2 Å². The molecular formula is C18H22N4O3. The number of aryl methyl sites for hydroxylation is 1. The minimum absolute atomic E-state index is 0.273. The van der Waals surface area contributed by atoms with Gasteiger partial charge in [0.05, 0.1) is 5.56 Å². The number of hydrogen-bond acceptors (Lipinski definition) is 4. The normalized spacial score (nSPS) is 10.9. The van der Waals surface area contributed by atoms with Crippen LogP contribution in [0.4, 0.5) is 5.69 Å². The zero-order valence-electron chi connectivity index (χ0n) is 14.8. The van der Waals surface area contributed by atoms with Crippen LogP contribution >= 0.6 is 0 Å². The van der Waals surface area contributed by atoms with Crippen LogP contribution in [-0.4, -0.2) is 29.1 Å². The fraction of sp³-hybridized carbons (Fsp3) is 0.278. The van der Waals surface area contributed by atoms with Crippen LogP contribution < -0.4 is 21.5 Å². The Balaban J connectivity index is 2.02. The topological polar surface area (TPSA) is 76.3 Å². The van der Waals surface area contributed by atoms with Crippen LogP contribution in [0.25, 0.3) is 6.08 Å². The lowest BCUT2D eigenvalue weighted by atomic mass is 10.2. The quantitative estimate of drug-likeness (QED) is 0.802. The van der Waals surface area contributed by atoms with Gasteiger partial charge < -0.3 is 14.8 Å². The maximum atomic E-state index is 12.0. The van der Waals surface area contributed by atoms with Gasteiger partial charge in [-0.1, -0.05) is 12.1 Å². The molecule has 0 aliphatic heterocycles. The summed E-state index contributed by atoms with van der Waals surface area (Å²) in [4.78, 5) is 37.5. The van der Waals surface area contributed by atoms with E-state index in [1.165, 1.54) is 30.0 Å². The standard InChI is InChI=1S/C18H22N4O3/c1-20(2)15-8-5-13(6-9-15)11-19-16(23)10-7-14-12-21(3)18(25)22(4)17(14)24/h5-10,12H,11H2,1-4H3,(H,19,23). The first-order valence-corrected chi connectivity index (χ1v) is 7.78. The molecule has 0 saturated carbocycles. The van der Waals surface area contributed by atoms with Crippen LogP contribution in [0.15, 0.2) is 46.1 Å². The Hall–Kier alpha value is -3.09. The van der Waals surface area contributed by atoms with Crippen LogP contribution in [0.5, 0.6) is 0 Å². The van der Waals surface area contributed by atoms with Gasteiger partial charge in [0.1, 0.15) is 0 Å². The van der Waals surface area contributed by atoms with E-state index in [1.54, 1.807) is 7.05 Å². The number of aromatic nitrogens is 2. The van der Waals surface area contributed by atoms with E-state index in [9.17, 15) is 14.4 Å². The lowest BCUT2D eigenvalue weighted by molar-refractivity contribution is -0.116. The highest BCUT2D eigenvalue weighted by atomic mass is 16.2. The van der Waals surface area contributed by atoms with Gasteiger partial charge in [-0.05, 0) is 23.8 Å². The van der Waals surface area contributed by atoms with Crippen molar-refractivity contribution >= 4 is 17.7 Å². The Morgan fingerprint density at radius 2 is 1.80 bits per heavy atom. The second-order valence-electron chi connectivity index (χ2n) is 5.95. The minimum atomic E-state index is -0.438. The summed E-state index contributed by atoms with van der Waals surface area (Å²) in [5, 5.41) is 2.76. The van der Waals surface area contributed by atoms with Gasteiger partial charge >= 0.3 is 5.69 Å². The van der Waals surface area contributed by atoms with Crippen molar-refractivity contribution in [2.45, 2.75) is 6.54 Å². The van der Waals surface area contributed by atoms with Crippen LogP contribution in [0, 0.1) is 0 Å². The number of anilines is 1. The third-order valence-electron chi connectivity index (χ3n) is 3.81. The van der Waals surface area contributed by atoms with E-state index in [4.69, 9.17) is 0 Å². The molecule has 0 saturated heterocycles. The zero-order chi connectivity index (χ0) is 18.6. The molecule has 0 aliphatic rings. The lowest BCUT2D eigenvalue weighted by Crippen LogP contribution is -2.37. The second-order valence-corrected chi connectivity index (χ2v) is 5.95. The monoisotopic (exact) mass is 342 g/mol. The number of nitrogens with zero attached hydrogens (tertiary/aromatic N) is 3. The molecule has 2 rings (SSSR count). The molecule has 0 radical (unpaired) electrons. The van der Waals surface area contributed by atoms with E-state index in [0.717, 1.165) is 15.8 Å². The number of nitrogens with one attached hydrogen (secondary N) is 1. The Morgan fingerprint density at radius 1 is 1.16 bits per heavy atom. The summed E-state index contributed by atoms with van der Waals surface area (Å²) in [6.07, 6.45) is 4.11. The fourth-order valence-electron chi connectivity index (χ4n) is 2.28. The summed E-state index contributed by atoms with van der Waals surface area (Å²) in [6, 6.07) is 7.85. The molecule has 7 nitrogen and oxygen atoms in total. The summed E-state index contributed by atoms with van der Waals surface area (Å²) in [7, 11) is 6.88. The SMILES string of the molecule is CN(C)c1ccc(CNC(=O)C=Cc2cn(C)c(=O)n(C)c2=O)cc1. The van der Waals surface area contributed by atoms with Crippen LogP contribution in [0.3, 0.4) is 0 Å². The Kier molecular flexibility index (Phi) is 5.59. The van der Waals surface area contributed by atoms with Gasteiger partial charge in [0.2, 0.25) is 5.91 Å². The predicted molar refractivity (Wildman–Crippen MR) is 98.6 cm³/mol. The van der Waals surface area contributed by atoms with Crippen molar-refractivity contribution in [3.8, 4) is 0 Å². The molecule has 0 spiro atoms. The van der Waals surface area contributed by atoms with E-state index >= 15 is 0 Å². The van der Waals surface area contributed by atoms with Gasteiger partial charge in [-0.2, -0.15) is 0 Å². The number of carbonyl (C=O) groups excluding carboxylic acids is 1. The summed E-state index contributed by atoms with van der Waals surface area (Å²) < 4.78 is 2.30. The molecule has 0 bridgehead atoms. The first kappa shape index (κ1) is 18.3. The lowest BCUT2D eigenvalue weighted by Gasteiger charge is -2.12. The fourth-order valence-corrected chi connectivity index (χ4v) is 2.28. The highest BCUT2D eigenvalue weighted by Gasteiger charge is 2.05. The molecule has 7 heteroatoms. The largest absolute Gasteiger partial charge is 0.378 e. The summed E-state index contributed by atoms with van der Waals surface area (Å²) in [5.74, 6) is -0.312. The van der Waals surface area contributed by atoms with Crippen LogP contribution in [-0.2, 0) is 25.4 Å². The van der Waals surface area contributed by atoms with Crippen LogP contribution in [0.2, 0.25) is 0 Å². The molecular weight excluding hydrogens is 320 g/mol.